The fourth-order valence-corrected chi connectivity index (χ4v) is 3.34. The summed E-state index contributed by atoms with van der Waals surface area (Å²) in [5, 5.41) is 14.4. The van der Waals surface area contributed by atoms with Gasteiger partial charge in [-0.05, 0) is 30.3 Å². The largest absolute Gasteiger partial charge is 0.467 e. The normalized spacial score (nSPS) is 10.8. The maximum atomic E-state index is 13.0. The first-order chi connectivity index (χ1) is 16.0. The van der Waals surface area contributed by atoms with Crippen molar-refractivity contribution in [3.63, 3.8) is 0 Å². The molecule has 2 aromatic carbocycles. The third-order valence-corrected chi connectivity index (χ3v) is 4.94. The van der Waals surface area contributed by atoms with Crippen molar-refractivity contribution >= 4 is 28.2 Å². The molecule has 0 amide bonds. The highest BCUT2D eigenvalue weighted by Crippen LogP contribution is 2.23. The number of carbonyl (C=O) groups excluding carboxylic acids is 1. The molecule has 0 fully saturated rings. The number of rotatable bonds is 9. The number of nitrogens with zero attached hydrogens (tertiary/aromatic N) is 3. The van der Waals surface area contributed by atoms with Crippen LogP contribution in [0.5, 0.6) is 0 Å². The molecule has 4 aromatic rings. The molecule has 0 saturated heterocycles. The topological polar surface area (TPSA) is 130 Å². The first-order valence-corrected chi connectivity index (χ1v) is 10.2. The quantitative estimate of drug-likeness (QED) is 0.234. The van der Waals surface area contributed by atoms with Crippen molar-refractivity contribution in [1.29, 1.82) is 0 Å². The number of fused-ring (bicyclic) bond motifs is 1. The van der Waals surface area contributed by atoms with Gasteiger partial charge in [0.2, 0.25) is 0 Å². The summed E-state index contributed by atoms with van der Waals surface area (Å²) in [5.74, 6) is 0.318. The summed E-state index contributed by atoms with van der Waals surface area (Å²) in [6, 6.07) is 16.6. The SMILES string of the molecule is O=C(CCNc1ccccc1[N+](=O)[O-])OCc1nc2ccccc2c(=O)n1Cc1ccco1. The number of anilines is 1. The van der Waals surface area contributed by atoms with Crippen molar-refractivity contribution in [1.82, 2.24) is 9.55 Å². The van der Waals surface area contributed by atoms with E-state index < -0.39 is 10.9 Å². The summed E-state index contributed by atoms with van der Waals surface area (Å²) < 4.78 is 12.1. The van der Waals surface area contributed by atoms with Crippen LogP contribution in [-0.2, 0) is 22.7 Å². The van der Waals surface area contributed by atoms with Gasteiger partial charge in [0.1, 0.15) is 18.1 Å². The van der Waals surface area contributed by atoms with E-state index in [1.54, 1.807) is 54.6 Å². The molecule has 1 N–H and O–H groups in total. The van der Waals surface area contributed by atoms with Crippen molar-refractivity contribution in [3.05, 3.63) is 99.0 Å². The van der Waals surface area contributed by atoms with Crippen LogP contribution < -0.4 is 10.9 Å². The number of benzene rings is 2. The Morgan fingerprint density at radius 1 is 1.12 bits per heavy atom. The minimum Gasteiger partial charge on any atom is -0.467 e. The van der Waals surface area contributed by atoms with Crippen LogP contribution in [0.4, 0.5) is 11.4 Å². The Balaban J connectivity index is 1.44. The van der Waals surface area contributed by atoms with Gasteiger partial charge in [-0.2, -0.15) is 0 Å². The van der Waals surface area contributed by atoms with Gasteiger partial charge in [-0.3, -0.25) is 24.3 Å². The zero-order valence-corrected chi connectivity index (χ0v) is 17.5. The van der Waals surface area contributed by atoms with Crippen molar-refractivity contribution in [3.8, 4) is 0 Å². The lowest BCUT2D eigenvalue weighted by Gasteiger charge is -2.13. The number of esters is 1. The van der Waals surface area contributed by atoms with E-state index in [9.17, 15) is 19.7 Å². The standard InChI is InChI=1S/C23H20N4O6/c28-22(11-12-24-19-9-3-4-10-20(19)27(30)31)33-15-21-25-18-8-2-1-7-17(18)23(29)26(21)14-16-6-5-13-32-16/h1-10,13,24H,11-12,14-15H2. The van der Waals surface area contributed by atoms with Gasteiger partial charge < -0.3 is 14.5 Å². The predicted molar refractivity (Wildman–Crippen MR) is 120 cm³/mol. The molecular formula is C23H20N4O6. The van der Waals surface area contributed by atoms with Crippen LogP contribution >= 0.6 is 0 Å². The minimum atomic E-state index is -0.534. The van der Waals surface area contributed by atoms with Crippen molar-refractivity contribution in [2.75, 3.05) is 11.9 Å². The number of nitro benzene ring substituents is 1. The Kier molecular flexibility index (Phi) is 6.44. The zero-order valence-electron chi connectivity index (χ0n) is 17.5. The van der Waals surface area contributed by atoms with E-state index in [4.69, 9.17) is 9.15 Å². The Morgan fingerprint density at radius 2 is 1.91 bits per heavy atom. The molecule has 0 bridgehead atoms. The number of furan rings is 1. The smallest absolute Gasteiger partial charge is 0.308 e. The summed E-state index contributed by atoms with van der Waals surface area (Å²) in [6.45, 7) is 0.0922. The third kappa shape index (κ3) is 5.06. The van der Waals surface area contributed by atoms with Crippen molar-refractivity contribution in [2.45, 2.75) is 19.6 Å². The molecule has 4 rings (SSSR count). The first-order valence-electron chi connectivity index (χ1n) is 10.2. The van der Waals surface area contributed by atoms with Crippen molar-refractivity contribution < 1.29 is 18.9 Å². The van der Waals surface area contributed by atoms with Crippen LogP contribution in [0.25, 0.3) is 10.9 Å². The lowest BCUT2D eigenvalue weighted by atomic mass is 10.2. The van der Waals surface area contributed by atoms with Crippen LogP contribution in [0, 0.1) is 10.1 Å². The zero-order chi connectivity index (χ0) is 23.2. The molecule has 0 radical (unpaired) electrons. The van der Waals surface area contributed by atoms with Crippen LogP contribution in [-0.4, -0.2) is 27.0 Å². The van der Waals surface area contributed by atoms with Gasteiger partial charge in [-0.15, -0.1) is 0 Å². The fraction of sp³-hybridized carbons (Fsp3) is 0.174. The maximum Gasteiger partial charge on any atom is 0.308 e. The number of carbonyl (C=O) groups is 1. The summed E-state index contributed by atoms with van der Waals surface area (Å²) in [7, 11) is 0. The minimum absolute atomic E-state index is 0.0257. The second-order valence-electron chi connectivity index (χ2n) is 7.13. The molecule has 0 unspecified atom stereocenters. The molecule has 0 aliphatic carbocycles. The molecule has 2 aromatic heterocycles. The first kappa shape index (κ1) is 21.8. The highest BCUT2D eigenvalue weighted by molar-refractivity contribution is 5.77. The highest BCUT2D eigenvalue weighted by Gasteiger charge is 2.15. The van der Waals surface area contributed by atoms with Crippen LogP contribution in [0.1, 0.15) is 18.0 Å². The molecule has 0 aliphatic heterocycles. The van der Waals surface area contributed by atoms with Crippen molar-refractivity contribution in [2.24, 2.45) is 0 Å². The number of para-hydroxylation sites is 3. The van der Waals surface area contributed by atoms with E-state index in [-0.39, 0.29) is 43.2 Å². The monoisotopic (exact) mass is 448 g/mol. The second kappa shape index (κ2) is 9.77. The molecule has 2 heterocycles. The molecule has 0 spiro atoms. The summed E-state index contributed by atoms with van der Waals surface area (Å²) in [4.78, 5) is 40.4. The molecule has 33 heavy (non-hydrogen) atoms. The number of aromatic nitrogens is 2. The van der Waals surface area contributed by atoms with Gasteiger partial charge in [0, 0.05) is 12.6 Å². The molecule has 10 nitrogen and oxygen atoms in total. The Hall–Kier alpha value is -4.47. The Labute approximate surface area is 187 Å². The summed E-state index contributed by atoms with van der Waals surface area (Å²) in [5.41, 5.74) is 0.482. The number of hydrogen-bond donors (Lipinski definition) is 1. The van der Waals surface area contributed by atoms with E-state index in [0.717, 1.165) is 0 Å². The predicted octanol–water partition coefficient (Wildman–Crippen LogP) is 3.49. The van der Waals surface area contributed by atoms with Crippen LogP contribution in [0.15, 0.2) is 76.1 Å². The van der Waals surface area contributed by atoms with Gasteiger partial charge in [0.05, 0.1) is 35.1 Å². The van der Waals surface area contributed by atoms with Gasteiger partial charge in [-0.1, -0.05) is 24.3 Å². The van der Waals surface area contributed by atoms with Crippen LogP contribution in [0.3, 0.4) is 0 Å². The van der Waals surface area contributed by atoms with E-state index in [2.05, 4.69) is 10.3 Å². The van der Waals surface area contributed by atoms with E-state index in [1.807, 2.05) is 0 Å². The highest BCUT2D eigenvalue weighted by atomic mass is 16.6. The van der Waals surface area contributed by atoms with Gasteiger partial charge in [0.25, 0.3) is 11.2 Å². The van der Waals surface area contributed by atoms with Gasteiger partial charge in [0.15, 0.2) is 5.82 Å². The molecule has 0 saturated carbocycles. The van der Waals surface area contributed by atoms with Gasteiger partial charge in [-0.25, -0.2) is 4.98 Å². The average molecular weight is 448 g/mol. The maximum absolute atomic E-state index is 13.0. The number of hydrogen-bond acceptors (Lipinski definition) is 8. The Bertz CT molecular complexity index is 1350. The number of nitro groups is 1. The van der Waals surface area contributed by atoms with E-state index in [1.165, 1.54) is 16.9 Å². The summed E-state index contributed by atoms with van der Waals surface area (Å²) in [6.07, 6.45) is 1.49. The number of nitrogens with one attached hydrogen (secondary N) is 1. The molecular weight excluding hydrogens is 428 g/mol. The molecule has 168 valence electrons. The summed E-state index contributed by atoms with van der Waals surface area (Å²) >= 11 is 0. The van der Waals surface area contributed by atoms with E-state index >= 15 is 0 Å². The second-order valence-corrected chi connectivity index (χ2v) is 7.13. The van der Waals surface area contributed by atoms with Gasteiger partial charge >= 0.3 is 5.97 Å². The van der Waals surface area contributed by atoms with Crippen LogP contribution in [0.2, 0.25) is 0 Å². The van der Waals surface area contributed by atoms with E-state index in [0.29, 0.717) is 22.4 Å². The number of ether oxygens (including phenoxy) is 1. The lowest BCUT2D eigenvalue weighted by Crippen LogP contribution is -2.27. The molecule has 10 heteroatoms. The third-order valence-electron chi connectivity index (χ3n) is 4.94. The Morgan fingerprint density at radius 3 is 2.70 bits per heavy atom. The fourth-order valence-electron chi connectivity index (χ4n) is 3.34. The molecule has 0 atom stereocenters. The molecule has 0 aliphatic rings. The lowest BCUT2D eigenvalue weighted by molar-refractivity contribution is -0.384. The average Bonchev–Trinajstić information content (AvgIpc) is 3.33.